The molecule has 25 heavy (non-hydrogen) atoms. The summed E-state index contributed by atoms with van der Waals surface area (Å²) >= 11 is 3.08. The van der Waals surface area contributed by atoms with Crippen LogP contribution in [-0.2, 0) is 16.1 Å². The predicted molar refractivity (Wildman–Crippen MR) is 101 cm³/mol. The van der Waals surface area contributed by atoms with E-state index < -0.39 is 0 Å². The molecule has 1 unspecified atom stereocenters. The molecule has 2 fully saturated rings. The first-order valence-electron chi connectivity index (χ1n) is 8.66. The van der Waals surface area contributed by atoms with E-state index in [1.807, 2.05) is 17.5 Å². The molecule has 0 bridgehead atoms. The molecule has 5 nitrogen and oxygen atoms in total. The second kappa shape index (κ2) is 6.53. The van der Waals surface area contributed by atoms with Crippen molar-refractivity contribution in [2.75, 3.05) is 5.32 Å². The zero-order chi connectivity index (χ0) is 17.4. The molecule has 2 N–H and O–H groups in total. The van der Waals surface area contributed by atoms with Crippen LogP contribution < -0.4 is 10.6 Å². The molecule has 2 aliphatic rings. The molecule has 1 atom stereocenters. The number of thiophene rings is 1. The first-order chi connectivity index (χ1) is 12.1. The van der Waals surface area contributed by atoms with Crippen molar-refractivity contribution in [3.8, 4) is 10.6 Å². The predicted octanol–water partition coefficient (Wildman–Crippen LogP) is 4.03. The average molecular weight is 376 g/mol. The Kier molecular flexibility index (Phi) is 4.37. The Labute approximate surface area is 154 Å². The summed E-state index contributed by atoms with van der Waals surface area (Å²) in [5.41, 5.74) is 1.20. The van der Waals surface area contributed by atoms with Crippen LogP contribution in [0.4, 0.5) is 5.13 Å². The van der Waals surface area contributed by atoms with Crippen molar-refractivity contribution in [1.82, 2.24) is 10.3 Å². The highest BCUT2D eigenvalue weighted by molar-refractivity contribution is 7.17. The fraction of sp³-hybridized carbons (Fsp3) is 0.500. The molecule has 2 heterocycles. The summed E-state index contributed by atoms with van der Waals surface area (Å²) in [4.78, 5) is 30.2. The number of amides is 2. The third-order valence-electron chi connectivity index (χ3n) is 5.27. The Bertz CT molecular complexity index is 805. The number of thiazole rings is 1. The minimum absolute atomic E-state index is 0.0336. The molecule has 2 aromatic heterocycles. The van der Waals surface area contributed by atoms with Crippen LogP contribution in [0.1, 0.15) is 43.9 Å². The van der Waals surface area contributed by atoms with Crippen molar-refractivity contribution in [3.05, 3.63) is 22.4 Å². The van der Waals surface area contributed by atoms with E-state index in [9.17, 15) is 9.59 Å². The molecule has 2 aliphatic carbocycles. The van der Waals surface area contributed by atoms with Crippen molar-refractivity contribution >= 4 is 39.6 Å². The third-order valence-corrected chi connectivity index (χ3v) is 7.13. The summed E-state index contributed by atoms with van der Waals surface area (Å²) in [6.45, 7) is 2.05. The number of hydrogen-bond donors (Lipinski definition) is 2. The van der Waals surface area contributed by atoms with Gasteiger partial charge in [-0.3, -0.25) is 9.59 Å². The Morgan fingerprint density at radius 2 is 2.12 bits per heavy atom. The summed E-state index contributed by atoms with van der Waals surface area (Å²) in [7, 11) is 0. The lowest BCUT2D eigenvalue weighted by molar-refractivity contribution is -0.119. The van der Waals surface area contributed by atoms with E-state index in [0.29, 0.717) is 17.1 Å². The van der Waals surface area contributed by atoms with Crippen LogP contribution in [-0.4, -0.2) is 16.8 Å². The largest absolute Gasteiger partial charge is 0.351 e. The number of hydrogen-bond acceptors (Lipinski definition) is 5. The van der Waals surface area contributed by atoms with Crippen LogP contribution in [0.2, 0.25) is 0 Å². The van der Waals surface area contributed by atoms with Gasteiger partial charge in [-0.1, -0.05) is 12.8 Å². The third kappa shape index (κ3) is 3.48. The van der Waals surface area contributed by atoms with E-state index in [2.05, 4.69) is 15.6 Å². The van der Waals surface area contributed by atoms with Gasteiger partial charge in [-0.2, -0.15) is 0 Å². The quantitative estimate of drug-likeness (QED) is 0.829. The highest BCUT2D eigenvalue weighted by Gasteiger charge is 2.58. The van der Waals surface area contributed by atoms with Gasteiger partial charge in [0.2, 0.25) is 11.8 Å². The maximum absolute atomic E-state index is 12.5. The van der Waals surface area contributed by atoms with Gasteiger partial charge >= 0.3 is 0 Å². The summed E-state index contributed by atoms with van der Waals surface area (Å²) in [5.74, 6) is 0.294. The Morgan fingerprint density at radius 3 is 2.88 bits per heavy atom. The van der Waals surface area contributed by atoms with Crippen LogP contribution in [0.15, 0.2) is 17.5 Å². The highest BCUT2D eigenvalue weighted by Crippen LogP contribution is 2.63. The molecule has 2 saturated carbocycles. The maximum Gasteiger partial charge on any atom is 0.229 e. The topological polar surface area (TPSA) is 71.1 Å². The summed E-state index contributed by atoms with van der Waals surface area (Å²) in [6.07, 6.45) is 6.00. The van der Waals surface area contributed by atoms with Crippen molar-refractivity contribution in [2.45, 2.75) is 45.6 Å². The lowest BCUT2D eigenvalue weighted by Crippen LogP contribution is -2.17. The van der Waals surface area contributed by atoms with Crippen LogP contribution in [0.5, 0.6) is 0 Å². The second-order valence-corrected chi connectivity index (χ2v) is 9.06. The molecule has 2 aromatic rings. The molecule has 0 saturated heterocycles. The Morgan fingerprint density at radius 1 is 1.32 bits per heavy atom. The number of carbonyl (C=O) groups excluding carboxylic acids is 2. The maximum atomic E-state index is 12.5. The van der Waals surface area contributed by atoms with Crippen LogP contribution in [0.25, 0.3) is 10.6 Å². The molecule has 2 amide bonds. The molecule has 7 heteroatoms. The summed E-state index contributed by atoms with van der Waals surface area (Å²) < 4.78 is 0. The van der Waals surface area contributed by atoms with Gasteiger partial charge in [-0.05, 0) is 36.8 Å². The number of nitrogens with one attached hydrogen (secondary N) is 2. The standard InChI is InChI=1S/C18H21N3O2S2/c1-11(22)19-9-12-4-5-15(25-12)14-10-24-17(20-14)21-16(23)13-8-18(13)6-2-3-7-18/h4-5,10,13H,2-3,6-9H2,1H3,(H,19,22)(H,20,21,23). The highest BCUT2D eigenvalue weighted by atomic mass is 32.1. The first-order valence-corrected chi connectivity index (χ1v) is 10.4. The molecule has 132 valence electrons. The van der Waals surface area contributed by atoms with Gasteiger partial charge in [0.05, 0.1) is 17.1 Å². The zero-order valence-electron chi connectivity index (χ0n) is 14.1. The van der Waals surface area contributed by atoms with Gasteiger partial charge in [0.15, 0.2) is 5.13 Å². The van der Waals surface area contributed by atoms with Crippen LogP contribution in [0.3, 0.4) is 0 Å². The van der Waals surface area contributed by atoms with Gasteiger partial charge in [-0.25, -0.2) is 4.98 Å². The van der Waals surface area contributed by atoms with Crippen molar-refractivity contribution in [1.29, 1.82) is 0 Å². The zero-order valence-corrected chi connectivity index (χ0v) is 15.8. The van der Waals surface area contributed by atoms with Gasteiger partial charge < -0.3 is 10.6 Å². The second-order valence-electron chi connectivity index (χ2n) is 7.03. The number of rotatable bonds is 5. The van der Waals surface area contributed by atoms with E-state index in [0.717, 1.165) is 21.9 Å². The number of nitrogens with zero attached hydrogens (tertiary/aromatic N) is 1. The minimum Gasteiger partial charge on any atom is -0.351 e. The SMILES string of the molecule is CC(=O)NCc1ccc(-c2csc(NC(=O)C3CC34CCCC4)n2)s1. The molecule has 4 rings (SSSR count). The number of anilines is 1. The average Bonchev–Trinajstić information content (AvgIpc) is 3.02. The van der Waals surface area contributed by atoms with Crippen molar-refractivity contribution in [3.63, 3.8) is 0 Å². The van der Waals surface area contributed by atoms with Crippen molar-refractivity contribution < 1.29 is 9.59 Å². The Balaban J connectivity index is 1.37. The van der Waals surface area contributed by atoms with E-state index in [1.54, 1.807) is 11.3 Å². The van der Waals surface area contributed by atoms with E-state index >= 15 is 0 Å². The smallest absolute Gasteiger partial charge is 0.229 e. The van der Waals surface area contributed by atoms with Gasteiger partial charge in [0.1, 0.15) is 0 Å². The molecule has 1 spiro atoms. The van der Waals surface area contributed by atoms with Crippen molar-refractivity contribution in [2.24, 2.45) is 11.3 Å². The normalized spacial score (nSPS) is 20.6. The molecule has 0 radical (unpaired) electrons. The fourth-order valence-electron chi connectivity index (χ4n) is 3.81. The lowest BCUT2D eigenvalue weighted by Gasteiger charge is -2.07. The molecular formula is C18H21N3O2S2. The van der Waals surface area contributed by atoms with Gasteiger partial charge in [-0.15, -0.1) is 22.7 Å². The summed E-state index contributed by atoms with van der Waals surface area (Å²) in [5, 5.41) is 8.46. The van der Waals surface area contributed by atoms with E-state index in [4.69, 9.17) is 0 Å². The Hall–Kier alpha value is -1.73. The van der Waals surface area contributed by atoms with Gasteiger partial charge in [0.25, 0.3) is 0 Å². The number of aromatic nitrogens is 1. The van der Waals surface area contributed by atoms with E-state index in [1.165, 1.54) is 43.9 Å². The lowest BCUT2D eigenvalue weighted by atomic mass is 10.0. The first kappa shape index (κ1) is 16.7. The molecule has 0 aromatic carbocycles. The summed E-state index contributed by atoms with van der Waals surface area (Å²) in [6, 6.07) is 4.01. The van der Waals surface area contributed by atoms with Crippen LogP contribution in [0, 0.1) is 11.3 Å². The monoisotopic (exact) mass is 375 g/mol. The molecular weight excluding hydrogens is 354 g/mol. The van der Waals surface area contributed by atoms with Crippen LogP contribution >= 0.6 is 22.7 Å². The van der Waals surface area contributed by atoms with E-state index in [-0.39, 0.29) is 17.7 Å². The van der Waals surface area contributed by atoms with Gasteiger partial charge in [0, 0.05) is 23.1 Å². The number of carbonyl (C=O) groups is 2. The molecule has 0 aliphatic heterocycles. The fourth-order valence-corrected chi connectivity index (χ4v) is 5.51. The minimum atomic E-state index is -0.0336.